The van der Waals surface area contributed by atoms with Gasteiger partial charge in [0.1, 0.15) is 0 Å². The summed E-state index contributed by atoms with van der Waals surface area (Å²) >= 11 is 1.86. The predicted octanol–water partition coefficient (Wildman–Crippen LogP) is 13.4. The van der Waals surface area contributed by atoms with Crippen molar-refractivity contribution in [1.82, 2.24) is 4.57 Å². The standard InChI is InChI=1S/C46H30N2S/c1-2-12-35(13-3-1)47(38-25-27-42-41-15-7-9-17-45(41)49-46(42)30-38)37-24-26-40-39-14-6-8-16-43(39)48(44(40)29-37)36-22-20-32(21-23-36)34-19-18-31-10-4-5-11-33(31)28-34/h1-30H. The van der Waals surface area contributed by atoms with E-state index in [1.807, 2.05) is 11.3 Å². The monoisotopic (exact) mass is 642 g/mol. The maximum atomic E-state index is 2.41. The van der Waals surface area contributed by atoms with E-state index in [-0.39, 0.29) is 0 Å². The van der Waals surface area contributed by atoms with E-state index in [9.17, 15) is 0 Å². The molecule has 0 unspecified atom stereocenters. The molecule has 2 heterocycles. The van der Waals surface area contributed by atoms with E-state index in [2.05, 4.69) is 191 Å². The highest BCUT2D eigenvalue weighted by atomic mass is 32.1. The minimum Gasteiger partial charge on any atom is -0.310 e. The Balaban J connectivity index is 1.13. The molecule has 10 aromatic rings. The Kier molecular flexibility index (Phi) is 6.39. The fourth-order valence-corrected chi connectivity index (χ4v) is 8.57. The van der Waals surface area contributed by atoms with Crippen LogP contribution < -0.4 is 4.90 Å². The number of aromatic nitrogens is 1. The second-order valence-corrected chi connectivity index (χ2v) is 13.7. The molecular weight excluding hydrogens is 613 g/mol. The number of hydrogen-bond acceptors (Lipinski definition) is 2. The number of benzene rings is 8. The zero-order valence-electron chi connectivity index (χ0n) is 26.6. The molecule has 0 radical (unpaired) electrons. The third-order valence-corrected chi connectivity index (χ3v) is 10.9. The van der Waals surface area contributed by atoms with Crippen molar-refractivity contribution >= 4 is 81.1 Å². The van der Waals surface area contributed by atoms with Crippen LogP contribution in [0.4, 0.5) is 17.1 Å². The first-order valence-corrected chi connectivity index (χ1v) is 17.5. The number of thiophene rings is 1. The number of para-hydroxylation sites is 2. The zero-order valence-corrected chi connectivity index (χ0v) is 27.4. The molecule has 0 saturated heterocycles. The first-order chi connectivity index (χ1) is 24.3. The van der Waals surface area contributed by atoms with Gasteiger partial charge in [0.25, 0.3) is 0 Å². The molecular formula is C46H30N2S. The maximum absolute atomic E-state index is 2.41. The van der Waals surface area contributed by atoms with Crippen molar-refractivity contribution in [2.75, 3.05) is 4.90 Å². The molecule has 3 heteroatoms. The molecule has 0 spiro atoms. The molecule has 49 heavy (non-hydrogen) atoms. The molecule has 0 aliphatic heterocycles. The third-order valence-electron chi connectivity index (χ3n) is 9.76. The average Bonchev–Trinajstić information content (AvgIpc) is 3.70. The molecule has 0 saturated carbocycles. The molecule has 0 amide bonds. The lowest BCUT2D eigenvalue weighted by atomic mass is 10.0. The summed E-state index contributed by atoms with van der Waals surface area (Å²) in [6.45, 7) is 0. The number of rotatable bonds is 5. The summed E-state index contributed by atoms with van der Waals surface area (Å²) in [5, 5.41) is 7.63. The van der Waals surface area contributed by atoms with Crippen LogP contribution >= 0.6 is 11.3 Å². The summed E-state index contributed by atoms with van der Waals surface area (Å²) in [6.07, 6.45) is 0. The molecule has 0 fully saturated rings. The van der Waals surface area contributed by atoms with Gasteiger partial charge in [0.05, 0.1) is 11.0 Å². The van der Waals surface area contributed by atoms with E-state index in [0.29, 0.717) is 0 Å². The van der Waals surface area contributed by atoms with Gasteiger partial charge in [0, 0.05) is 53.7 Å². The van der Waals surface area contributed by atoms with Crippen molar-refractivity contribution in [2.24, 2.45) is 0 Å². The second kappa shape index (κ2) is 11.2. The molecule has 0 aliphatic carbocycles. The Hall–Kier alpha value is -6.16. The normalized spacial score (nSPS) is 11.7. The minimum atomic E-state index is 1.12. The highest BCUT2D eigenvalue weighted by Gasteiger charge is 2.18. The Morgan fingerprint density at radius 2 is 1.00 bits per heavy atom. The lowest BCUT2D eigenvalue weighted by Crippen LogP contribution is -2.09. The van der Waals surface area contributed by atoms with Crippen molar-refractivity contribution in [3.05, 3.63) is 182 Å². The van der Waals surface area contributed by atoms with Crippen LogP contribution in [0.5, 0.6) is 0 Å². The Morgan fingerprint density at radius 1 is 0.367 bits per heavy atom. The molecule has 0 bridgehead atoms. The second-order valence-electron chi connectivity index (χ2n) is 12.6. The van der Waals surface area contributed by atoms with Crippen molar-refractivity contribution in [1.29, 1.82) is 0 Å². The van der Waals surface area contributed by atoms with Gasteiger partial charge in [0.15, 0.2) is 0 Å². The van der Waals surface area contributed by atoms with Gasteiger partial charge in [-0.2, -0.15) is 0 Å². The summed E-state index contributed by atoms with van der Waals surface area (Å²) in [6, 6.07) is 66.2. The molecule has 2 aromatic heterocycles. The van der Waals surface area contributed by atoms with Gasteiger partial charge >= 0.3 is 0 Å². The van der Waals surface area contributed by atoms with Crippen molar-refractivity contribution in [2.45, 2.75) is 0 Å². The third kappa shape index (κ3) is 4.62. The summed E-state index contributed by atoms with van der Waals surface area (Å²) in [5.41, 5.74) is 9.36. The number of anilines is 3. The number of fused-ring (bicyclic) bond motifs is 7. The minimum absolute atomic E-state index is 1.12. The smallest absolute Gasteiger partial charge is 0.0561 e. The van der Waals surface area contributed by atoms with Crippen LogP contribution in [-0.2, 0) is 0 Å². The molecule has 10 rings (SSSR count). The largest absolute Gasteiger partial charge is 0.310 e. The topological polar surface area (TPSA) is 8.17 Å². The van der Waals surface area contributed by atoms with Crippen LogP contribution in [0.15, 0.2) is 182 Å². The SMILES string of the molecule is c1ccc(N(c2ccc3c(c2)sc2ccccc23)c2ccc3c4ccccc4n(-c4ccc(-c5ccc6ccccc6c5)cc4)c3c2)cc1. The van der Waals surface area contributed by atoms with Gasteiger partial charge in [-0.1, -0.05) is 115 Å². The van der Waals surface area contributed by atoms with Crippen molar-refractivity contribution in [3.8, 4) is 16.8 Å². The Bertz CT molecular complexity index is 2830. The van der Waals surface area contributed by atoms with Gasteiger partial charge in [0.2, 0.25) is 0 Å². The highest BCUT2D eigenvalue weighted by molar-refractivity contribution is 7.25. The van der Waals surface area contributed by atoms with Crippen LogP contribution in [0.1, 0.15) is 0 Å². The van der Waals surface area contributed by atoms with Crippen LogP contribution in [0.25, 0.3) is 69.6 Å². The maximum Gasteiger partial charge on any atom is 0.0561 e. The summed E-state index contributed by atoms with van der Waals surface area (Å²) in [5.74, 6) is 0. The molecule has 0 N–H and O–H groups in total. The van der Waals surface area contributed by atoms with Crippen LogP contribution in [0, 0.1) is 0 Å². The first-order valence-electron chi connectivity index (χ1n) is 16.7. The molecule has 0 aliphatic rings. The average molecular weight is 643 g/mol. The number of hydrogen-bond donors (Lipinski definition) is 0. The Morgan fingerprint density at radius 3 is 1.86 bits per heavy atom. The van der Waals surface area contributed by atoms with Gasteiger partial charge in [-0.15, -0.1) is 11.3 Å². The first kappa shape index (κ1) is 27.9. The summed E-state index contributed by atoms with van der Waals surface area (Å²) in [7, 11) is 0. The van der Waals surface area contributed by atoms with Gasteiger partial charge in [-0.3, -0.25) is 0 Å². The van der Waals surface area contributed by atoms with E-state index >= 15 is 0 Å². The van der Waals surface area contributed by atoms with Gasteiger partial charge in [-0.05, 0) is 88.6 Å². The summed E-state index contributed by atoms with van der Waals surface area (Å²) < 4.78 is 5.02. The highest BCUT2D eigenvalue weighted by Crippen LogP contribution is 2.42. The lowest BCUT2D eigenvalue weighted by Gasteiger charge is -2.26. The van der Waals surface area contributed by atoms with Crippen molar-refractivity contribution < 1.29 is 0 Å². The van der Waals surface area contributed by atoms with E-state index < -0.39 is 0 Å². The van der Waals surface area contributed by atoms with Gasteiger partial charge < -0.3 is 9.47 Å². The lowest BCUT2D eigenvalue weighted by molar-refractivity contribution is 1.18. The van der Waals surface area contributed by atoms with E-state index in [1.165, 1.54) is 63.9 Å². The summed E-state index contributed by atoms with van der Waals surface area (Å²) in [4.78, 5) is 2.38. The fourth-order valence-electron chi connectivity index (χ4n) is 7.43. The van der Waals surface area contributed by atoms with E-state index in [0.717, 1.165) is 22.7 Å². The van der Waals surface area contributed by atoms with E-state index in [4.69, 9.17) is 0 Å². The Labute approximate surface area is 288 Å². The van der Waals surface area contributed by atoms with Crippen LogP contribution in [-0.4, -0.2) is 4.57 Å². The molecule has 8 aromatic carbocycles. The molecule has 2 nitrogen and oxygen atoms in total. The van der Waals surface area contributed by atoms with Crippen LogP contribution in [0.3, 0.4) is 0 Å². The molecule has 230 valence electrons. The van der Waals surface area contributed by atoms with Crippen molar-refractivity contribution in [3.63, 3.8) is 0 Å². The fraction of sp³-hybridized carbons (Fsp3) is 0. The predicted molar refractivity (Wildman–Crippen MR) is 211 cm³/mol. The van der Waals surface area contributed by atoms with Crippen LogP contribution in [0.2, 0.25) is 0 Å². The van der Waals surface area contributed by atoms with Gasteiger partial charge in [-0.25, -0.2) is 0 Å². The quantitative estimate of drug-likeness (QED) is 0.181. The zero-order chi connectivity index (χ0) is 32.3. The molecule has 0 atom stereocenters. The number of nitrogens with zero attached hydrogens (tertiary/aromatic N) is 2. The van der Waals surface area contributed by atoms with E-state index in [1.54, 1.807) is 0 Å².